The number of fused-ring (bicyclic) bond motifs is 1. The zero-order valence-electron chi connectivity index (χ0n) is 13.3. The number of aliphatic hydroxyl groups is 1. The van der Waals surface area contributed by atoms with Crippen LogP contribution < -0.4 is 0 Å². The summed E-state index contributed by atoms with van der Waals surface area (Å²) in [5.74, 6) is 1.37. The molecule has 0 bridgehead atoms. The lowest BCUT2D eigenvalue weighted by Gasteiger charge is -2.26. The zero-order chi connectivity index (χ0) is 17.6. The first kappa shape index (κ1) is 16.6. The molecule has 0 radical (unpaired) electrons. The predicted molar refractivity (Wildman–Crippen MR) is 92.4 cm³/mol. The van der Waals surface area contributed by atoms with E-state index in [1.54, 1.807) is 24.5 Å². The van der Waals surface area contributed by atoms with Gasteiger partial charge >= 0.3 is 0 Å². The first-order valence-corrected chi connectivity index (χ1v) is 8.51. The number of hydrogen-bond donors (Lipinski definition) is 1. The Morgan fingerprint density at radius 2 is 2.20 bits per heavy atom. The van der Waals surface area contributed by atoms with Gasteiger partial charge in [-0.25, -0.2) is 0 Å². The van der Waals surface area contributed by atoms with Crippen LogP contribution in [0.2, 0.25) is 10.0 Å². The Bertz CT molecular complexity index is 895. The van der Waals surface area contributed by atoms with E-state index in [0.29, 0.717) is 40.5 Å². The van der Waals surface area contributed by atoms with Gasteiger partial charge in [0.1, 0.15) is 0 Å². The van der Waals surface area contributed by atoms with Crippen LogP contribution in [0.4, 0.5) is 0 Å². The number of hydrogen-bond acceptors (Lipinski definition) is 6. The Morgan fingerprint density at radius 3 is 2.96 bits per heavy atom. The second kappa shape index (κ2) is 6.46. The number of benzene rings is 1. The molecule has 1 N–H and O–H groups in total. The lowest BCUT2D eigenvalue weighted by Crippen LogP contribution is -2.30. The lowest BCUT2D eigenvalue weighted by molar-refractivity contribution is 0.0667. The number of aromatic nitrogens is 2. The molecule has 2 atom stereocenters. The summed E-state index contributed by atoms with van der Waals surface area (Å²) in [5, 5.41) is 15.6. The summed E-state index contributed by atoms with van der Waals surface area (Å²) in [7, 11) is 1.88. The summed E-state index contributed by atoms with van der Waals surface area (Å²) in [6, 6.07) is 6.83. The molecule has 1 aliphatic carbocycles. The Morgan fingerprint density at radius 1 is 1.36 bits per heavy atom. The SMILES string of the molecule is CN(Cc1nc(-c2ccco2)no1)[C@@H]1c2cc(Cl)cc(Cl)c2C[C@H]1O. The minimum atomic E-state index is -0.580. The minimum absolute atomic E-state index is 0.245. The summed E-state index contributed by atoms with van der Waals surface area (Å²) in [5.41, 5.74) is 1.86. The predicted octanol–water partition coefficient (Wildman–Crippen LogP) is 3.73. The van der Waals surface area contributed by atoms with Crippen LogP contribution in [0.15, 0.2) is 39.5 Å². The number of nitrogens with zero attached hydrogens (tertiary/aromatic N) is 3. The van der Waals surface area contributed by atoms with E-state index in [9.17, 15) is 5.11 Å². The number of halogens is 2. The Balaban J connectivity index is 1.57. The van der Waals surface area contributed by atoms with Gasteiger partial charge in [-0.2, -0.15) is 4.98 Å². The van der Waals surface area contributed by atoms with E-state index in [4.69, 9.17) is 32.1 Å². The normalized spacial score (nSPS) is 19.6. The smallest absolute Gasteiger partial charge is 0.241 e. The Labute approximate surface area is 154 Å². The van der Waals surface area contributed by atoms with E-state index in [2.05, 4.69) is 10.1 Å². The second-order valence-corrected chi connectivity index (χ2v) is 6.92. The molecule has 0 amide bonds. The zero-order valence-corrected chi connectivity index (χ0v) is 14.8. The first-order chi connectivity index (χ1) is 12.0. The maximum atomic E-state index is 10.5. The van der Waals surface area contributed by atoms with Gasteiger partial charge in [0.2, 0.25) is 11.7 Å². The van der Waals surface area contributed by atoms with E-state index in [1.165, 1.54) is 0 Å². The topological polar surface area (TPSA) is 75.5 Å². The monoisotopic (exact) mass is 379 g/mol. The van der Waals surface area contributed by atoms with Gasteiger partial charge in [0.15, 0.2) is 5.76 Å². The first-order valence-electron chi connectivity index (χ1n) is 7.75. The van der Waals surface area contributed by atoms with Crippen molar-refractivity contribution >= 4 is 23.2 Å². The molecule has 0 saturated heterocycles. The van der Waals surface area contributed by atoms with Gasteiger partial charge in [-0.15, -0.1) is 0 Å². The van der Waals surface area contributed by atoms with Gasteiger partial charge in [0.25, 0.3) is 0 Å². The largest absolute Gasteiger partial charge is 0.461 e. The van der Waals surface area contributed by atoms with Gasteiger partial charge in [-0.1, -0.05) is 28.4 Å². The van der Waals surface area contributed by atoms with Crippen LogP contribution in [0, 0.1) is 0 Å². The van der Waals surface area contributed by atoms with Crippen molar-refractivity contribution < 1.29 is 14.0 Å². The van der Waals surface area contributed by atoms with Crippen molar-refractivity contribution in [2.75, 3.05) is 7.05 Å². The van der Waals surface area contributed by atoms with Gasteiger partial charge in [0, 0.05) is 16.5 Å². The van der Waals surface area contributed by atoms with Crippen LogP contribution in [-0.2, 0) is 13.0 Å². The Hall–Kier alpha value is -1.86. The summed E-state index contributed by atoms with van der Waals surface area (Å²) in [6.45, 7) is 0.374. The van der Waals surface area contributed by atoms with E-state index >= 15 is 0 Å². The highest BCUT2D eigenvalue weighted by Crippen LogP contribution is 2.41. The number of rotatable bonds is 4. The molecule has 3 aromatic rings. The van der Waals surface area contributed by atoms with Crippen LogP contribution in [-0.4, -0.2) is 33.3 Å². The quantitative estimate of drug-likeness (QED) is 0.744. The van der Waals surface area contributed by atoms with Crippen LogP contribution in [0.3, 0.4) is 0 Å². The van der Waals surface area contributed by atoms with Gasteiger partial charge in [-0.05, 0) is 42.4 Å². The fraction of sp³-hybridized carbons (Fsp3) is 0.294. The molecule has 2 heterocycles. The molecule has 0 saturated carbocycles. The maximum Gasteiger partial charge on any atom is 0.241 e. The van der Waals surface area contributed by atoms with E-state index in [-0.39, 0.29) is 6.04 Å². The van der Waals surface area contributed by atoms with Crippen LogP contribution in [0.1, 0.15) is 23.1 Å². The molecule has 1 aliphatic rings. The number of likely N-dealkylation sites (N-methyl/N-ethyl adjacent to an activating group) is 1. The van der Waals surface area contributed by atoms with Crippen molar-refractivity contribution in [3.05, 3.63) is 57.6 Å². The van der Waals surface area contributed by atoms with Crippen molar-refractivity contribution in [3.8, 4) is 11.6 Å². The molecule has 4 rings (SSSR count). The molecule has 0 spiro atoms. The van der Waals surface area contributed by atoms with Gasteiger partial charge < -0.3 is 14.0 Å². The molecular formula is C17H15Cl2N3O3. The van der Waals surface area contributed by atoms with Gasteiger partial charge in [-0.3, -0.25) is 4.90 Å². The van der Waals surface area contributed by atoms with Crippen molar-refractivity contribution in [1.29, 1.82) is 0 Å². The molecule has 0 unspecified atom stereocenters. The number of furan rings is 1. The average Bonchev–Trinajstić information content (AvgIpc) is 3.25. The van der Waals surface area contributed by atoms with Crippen molar-refractivity contribution in [1.82, 2.24) is 15.0 Å². The molecule has 0 fully saturated rings. The molecule has 2 aromatic heterocycles. The molecule has 0 aliphatic heterocycles. The highest BCUT2D eigenvalue weighted by atomic mass is 35.5. The third kappa shape index (κ3) is 3.06. The van der Waals surface area contributed by atoms with Crippen LogP contribution in [0.5, 0.6) is 0 Å². The van der Waals surface area contributed by atoms with E-state index in [1.807, 2.05) is 18.0 Å². The van der Waals surface area contributed by atoms with E-state index in [0.717, 1.165) is 11.1 Å². The molecular weight excluding hydrogens is 365 g/mol. The summed E-state index contributed by atoms with van der Waals surface area (Å²) >= 11 is 12.4. The van der Waals surface area contributed by atoms with Crippen molar-refractivity contribution in [2.45, 2.75) is 25.1 Å². The van der Waals surface area contributed by atoms with Crippen LogP contribution in [0.25, 0.3) is 11.6 Å². The number of aliphatic hydroxyl groups excluding tert-OH is 1. The second-order valence-electron chi connectivity index (χ2n) is 6.08. The van der Waals surface area contributed by atoms with Crippen molar-refractivity contribution in [2.24, 2.45) is 0 Å². The fourth-order valence-electron chi connectivity index (χ4n) is 3.30. The van der Waals surface area contributed by atoms with Crippen LogP contribution >= 0.6 is 23.2 Å². The van der Waals surface area contributed by atoms with E-state index < -0.39 is 6.10 Å². The third-order valence-electron chi connectivity index (χ3n) is 4.36. The van der Waals surface area contributed by atoms with Crippen molar-refractivity contribution in [3.63, 3.8) is 0 Å². The highest BCUT2D eigenvalue weighted by molar-refractivity contribution is 6.35. The minimum Gasteiger partial charge on any atom is -0.461 e. The molecule has 25 heavy (non-hydrogen) atoms. The molecule has 8 heteroatoms. The third-order valence-corrected chi connectivity index (χ3v) is 4.92. The maximum absolute atomic E-state index is 10.5. The summed E-state index contributed by atoms with van der Waals surface area (Å²) in [4.78, 5) is 6.28. The standard InChI is InChI=1S/C17H15Cl2N3O3/c1-22(8-15-20-17(21-25-15)14-3-2-4-24-14)16-11-5-9(18)6-12(19)10(11)7-13(16)23/h2-6,13,16,23H,7-8H2,1H3/t13-,16-/m1/s1. The molecule has 1 aromatic carbocycles. The summed E-state index contributed by atoms with van der Waals surface area (Å²) < 4.78 is 10.6. The fourth-order valence-corrected chi connectivity index (χ4v) is 3.88. The lowest BCUT2D eigenvalue weighted by atomic mass is 10.1. The molecule has 6 nitrogen and oxygen atoms in total. The average molecular weight is 380 g/mol. The summed E-state index contributed by atoms with van der Waals surface area (Å²) in [6.07, 6.45) is 1.46. The molecule has 130 valence electrons. The van der Waals surface area contributed by atoms with Gasteiger partial charge in [0.05, 0.1) is 25.0 Å². The Kier molecular flexibility index (Phi) is 4.29. The highest BCUT2D eigenvalue weighted by Gasteiger charge is 2.36.